The SMILES string of the molecule is C[C@@H]1CNCCN1CC(=O)NCc1ccc(CN2CCCC2)cc1.Cl.Cl. The van der Waals surface area contributed by atoms with E-state index in [1.165, 1.54) is 37.1 Å². The molecule has 0 aliphatic carbocycles. The summed E-state index contributed by atoms with van der Waals surface area (Å²) in [4.78, 5) is 16.9. The van der Waals surface area contributed by atoms with E-state index in [9.17, 15) is 4.79 Å². The van der Waals surface area contributed by atoms with Crippen LogP contribution >= 0.6 is 24.8 Å². The largest absolute Gasteiger partial charge is 0.351 e. The molecule has 1 aromatic rings. The minimum absolute atomic E-state index is 0. The molecule has 3 rings (SSSR count). The fourth-order valence-electron chi connectivity index (χ4n) is 3.52. The van der Waals surface area contributed by atoms with E-state index in [-0.39, 0.29) is 30.7 Å². The molecule has 2 saturated heterocycles. The number of rotatable bonds is 6. The summed E-state index contributed by atoms with van der Waals surface area (Å²) in [6.07, 6.45) is 2.66. The van der Waals surface area contributed by atoms with Crippen molar-refractivity contribution in [1.82, 2.24) is 20.4 Å². The van der Waals surface area contributed by atoms with Gasteiger partial charge in [0.25, 0.3) is 0 Å². The molecule has 0 aromatic heterocycles. The second kappa shape index (κ2) is 11.8. The van der Waals surface area contributed by atoms with Crippen LogP contribution in [0.3, 0.4) is 0 Å². The Morgan fingerprint density at radius 2 is 1.77 bits per heavy atom. The first-order valence-electron chi connectivity index (χ1n) is 9.22. The van der Waals surface area contributed by atoms with Crippen molar-refractivity contribution in [2.45, 2.75) is 38.9 Å². The number of likely N-dealkylation sites (tertiary alicyclic amines) is 1. The van der Waals surface area contributed by atoms with Gasteiger partial charge in [0.15, 0.2) is 0 Å². The lowest BCUT2D eigenvalue weighted by molar-refractivity contribution is -0.123. The molecule has 0 spiro atoms. The minimum Gasteiger partial charge on any atom is -0.351 e. The van der Waals surface area contributed by atoms with Gasteiger partial charge in [-0.05, 0) is 44.0 Å². The first-order chi connectivity index (χ1) is 11.7. The first kappa shape index (κ1) is 23.2. The Balaban J connectivity index is 0.00000169. The van der Waals surface area contributed by atoms with E-state index in [1.54, 1.807) is 0 Å². The molecule has 0 radical (unpaired) electrons. The highest BCUT2D eigenvalue weighted by atomic mass is 35.5. The summed E-state index contributed by atoms with van der Waals surface area (Å²) in [6.45, 7) is 9.65. The Morgan fingerprint density at radius 3 is 2.42 bits per heavy atom. The molecule has 26 heavy (non-hydrogen) atoms. The number of carbonyl (C=O) groups is 1. The lowest BCUT2D eigenvalue weighted by atomic mass is 10.1. The third-order valence-corrected chi connectivity index (χ3v) is 5.10. The van der Waals surface area contributed by atoms with E-state index < -0.39 is 0 Å². The smallest absolute Gasteiger partial charge is 0.234 e. The summed E-state index contributed by atoms with van der Waals surface area (Å²) in [5.41, 5.74) is 2.53. The fraction of sp³-hybridized carbons (Fsp3) is 0.632. The third kappa shape index (κ3) is 7.05. The van der Waals surface area contributed by atoms with Crippen LogP contribution in [0.2, 0.25) is 0 Å². The second-order valence-electron chi connectivity index (χ2n) is 7.10. The number of benzene rings is 1. The van der Waals surface area contributed by atoms with Crippen LogP contribution in [0.4, 0.5) is 0 Å². The van der Waals surface area contributed by atoms with E-state index in [1.807, 2.05) is 0 Å². The molecule has 2 N–H and O–H groups in total. The normalized spacial score (nSPS) is 20.9. The van der Waals surface area contributed by atoms with Gasteiger partial charge in [-0.15, -0.1) is 24.8 Å². The zero-order chi connectivity index (χ0) is 16.8. The highest BCUT2D eigenvalue weighted by Crippen LogP contribution is 2.13. The van der Waals surface area contributed by atoms with Crippen molar-refractivity contribution in [1.29, 1.82) is 0 Å². The molecule has 0 bridgehead atoms. The van der Waals surface area contributed by atoms with Gasteiger partial charge in [0.2, 0.25) is 5.91 Å². The van der Waals surface area contributed by atoms with Crippen molar-refractivity contribution >= 4 is 30.7 Å². The van der Waals surface area contributed by atoms with Gasteiger partial charge in [0.1, 0.15) is 0 Å². The first-order valence-corrected chi connectivity index (χ1v) is 9.22. The Hall–Kier alpha value is -0.850. The van der Waals surface area contributed by atoms with Crippen molar-refractivity contribution < 1.29 is 4.79 Å². The molecule has 0 unspecified atom stereocenters. The van der Waals surface area contributed by atoms with Crippen molar-refractivity contribution in [2.75, 3.05) is 39.3 Å². The van der Waals surface area contributed by atoms with Crippen LogP contribution in [0.5, 0.6) is 0 Å². The second-order valence-corrected chi connectivity index (χ2v) is 7.10. The van der Waals surface area contributed by atoms with E-state index in [4.69, 9.17) is 0 Å². The summed E-state index contributed by atoms with van der Waals surface area (Å²) in [7, 11) is 0. The predicted octanol–water partition coefficient (Wildman–Crippen LogP) is 2.04. The molecule has 2 aliphatic heterocycles. The fourth-order valence-corrected chi connectivity index (χ4v) is 3.52. The summed E-state index contributed by atoms with van der Waals surface area (Å²) in [6, 6.07) is 9.09. The highest BCUT2D eigenvalue weighted by molar-refractivity contribution is 5.85. The molecule has 2 aliphatic rings. The quantitative estimate of drug-likeness (QED) is 0.763. The van der Waals surface area contributed by atoms with E-state index in [0.717, 1.165) is 26.2 Å². The molecule has 7 heteroatoms. The molecule has 1 atom stereocenters. The van der Waals surface area contributed by atoms with Crippen LogP contribution in [0.25, 0.3) is 0 Å². The maximum absolute atomic E-state index is 12.1. The molecule has 1 amide bonds. The van der Waals surface area contributed by atoms with Crippen molar-refractivity contribution in [3.63, 3.8) is 0 Å². The third-order valence-electron chi connectivity index (χ3n) is 5.10. The molecule has 1 aromatic carbocycles. The summed E-state index contributed by atoms with van der Waals surface area (Å²) in [5.74, 6) is 0.116. The number of hydrogen-bond acceptors (Lipinski definition) is 4. The summed E-state index contributed by atoms with van der Waals surface area (Å²) < 4.78 is 0. The van der Waals surface area contributed by atoms with E-state index >= 15 is 0 Å². The average molecular weight is 403 g/mol. The topological polar surface area (TPSA) is 47.6 Å². The van der Waals surface area contributed by atoms with Crippen LogP contribution in [-0.4, -0.2) is 61.0 Å². The van der Waals surface area contributed by atoms with Gasteiger partial charge in [0.05, 0.1) is 6.54 Å². The Kier molecular flexibility index (Phi) is 10.5. The van der Waals surface area contributed by atoms with Crippen LogP contribution < -0.4 is 10.6 Å². The predicted molar refractivity (Wildman–Crippen MR) is 111 cm³/mol. The Bertz CT molecular complexity index is 535. The van der Waals surface area contributed by atoms with Gasteiger partial charge >= 0.3 is 0 Å². The van der Waals surface area contributed by atoms with E-state index in [2.05, 4.69) is 51.6 Å². The standard InChI is InChI=1S/C19H30N4O.2ClH/c1-16-12-20-8-11-23(16)15-19(24)21-13-17-4-6-18(7-5-17)14-22-9-2-3-10-22;;/h4-7,16,20H,2-3,8-15H2,1H3,(H,21,24);2*1H/t16-;;/m1../s1. The van der Waals surface area contributed by atoms with Crippen molar-refractivity contribution in [3.8, 4) is 0 Å². The molecular formula is C19H32Cl2N4O. The monoisotopic (exact) mass is 402 g/mol. The van der Waals surface area contributed by atoms with Gasteiger partial charge < -0.3 is 10.6 Å². The maximum atomic E-state index is 12.1. The number of nitrogens with one attached hydrogen (secondary N) is 2. The molecule has 2 fully saturated rings. The number of amides is 1. The molecule has 2 heterocycles. The van der Waals surface area contributed by atoms with Gasteiger partial charge in [-0.3, -0.25) is 14.6 Å². The number of halogens is 2. The number of nitrogens with zero attached hydrogens (tertiary/aromatic N) is 2. The zero-order valence-electron chi connectivity index (χ0n) is 15.6. The molecule has 0 saturated carbocycles. The van der Waals surface area contributed by atoms with Crippen molar-refractivity contribution in [2.24, 2.45) is 0 Å². The highest BCUT2D eigenvalue weighted by Gasteiger charge is 2.19. The molecule has 148 valence electrons. The van der Waals surface area contributed by atoms with Crippen LogP contribution in [-0.2, 0) is 17.9 Å². The van der Waals surface area contributed by atoms with Crippen LogP contribution in [0.15, 0.2) is 24.3 Å². The van der Waals surface area contributed by atoms with E-state index in [0.29, 0.717) is 19.1 Å². The zero-order valence-corrected chi connectivity index (χ0v) is 17.2. The number of carbonyl (C=O) groups excluding carboxylic acids is 1. The minimum atomic E-state index is 0. The average Bonchev–Trinajstić information content (AvgIpc) is 3.09. The number of hydrogen-bond donors (Lipinski definition) is 2. The molecular weight excluding hydrogens is 371 g/mol. The lowest BCUT2D eigenvalue weighted by Crippen LogP contribution is -2.52. The Morgan fingerprint density at radius 1 is 1.12 bits per heavy atom. The Labute approximate surface area is 169 Å². The molecule has 5 nitrogen and oxygen atoms in total. The summed E-state index contributed by atoms with van der Waals surface area (Å²) >= 11 is 0. The van der Waals surface area contributed by atoms with Crippen LogP contribution in [0, 0.1) is 0 Å². The number of piperazine rings is 1. The van der Waals surface area contributed by atoms with Crippen LogP contribution in [0.1, 0.15) is 30.9 Å². The van der Waals surface area contributed by atoms with Crippen molar-refractivity contribution in [3.05, 3.63) is 35.4 Å². The summed E-state index contributed by atoms with van der Waals surface area (Å²) in [5, 5.41) is 6.40. The van der Waals surface area contributed by atoms with Gasteiger partial charge in [0, 0.05) is 38.8 Å². The van der Waals surface area contributed by atoms with Gasteiger partial charge in [-0.2, -0.15) is 0 Å². The maximum Gasteiger partial charge on any atom is 0.234 e. The van der Waals surface area contributed by atoms with Gasteiger partial charge in [-0.25, -0.2) is 0 Å². The lowest BCUT2D eigenvalue weighted by Gasteiger charge is -2.33. The van der Waals surface area contributed by atoms with Gasteiger partial charge in [-0.1, -0.05) is 24.3 Å².